The third-order valence-electron chi connectivity index (χ3n) is 3.00. The predicted molar refractivity (Wildman–Crippen MR) is 84.2 cm³/mol. The normalized spacial score (nSPS) is 21.5. The molecule has 1 N–H and O–H groups in total. The molecule has 1 aromatic rings. The predicted octanol–water partition coefficient (Wildman–Crippen LogP) is 3.13. The molecule has 0 saturated carbocycles. The van der Waals surface area contributed by atoms with Crippen molar-refractivity contribution in [2.24, 2.45) is 0 Å². The molecule has 0 unspecified atom stereocenters. The number of rotatable bonds is 2. The number of thiocarbonyl (C=S) groups is 1. The summed E-state index contributed by atoms with van der Waals surface area (Å²) < 4.78 is 7.22. The summed E-state index contributed by atoms with van der Waals surface area (Å²) in [5, 5.41) is 2.59. The first-order chi connectivity index (χ1) is 9.13. The van der Waals surface area contributed by atoms with E-state index in [0.29, 0.717) is 15.0 Å². The Morgan fingerprint density at radius 3 is 2.84 bits per heavy atom. The minimum atomic E-state index is -0.162. The summed E-state index contributed by atoms with van der Waals surface area (Å²) in [5.74, 6) is 1.34. The van der Waals surface area contributed by atoms with Crippen LogP contribution >= 0.6 is 39.9 Å². The second kappa shape index (κ2) is 5.30. The zero-order valence-electron chi connectivity index (χ0n) is 9.94. The number of anilines is 1. The fourth-order valence-electron chi connectivity index (χ4n) is 2.13. The maximum absolute atomic E-state index is 11.6. The van der Waals surface area contributed by atoms with Gasteiger partial charge in [0.15, 0.2) is 0 Å². The number of amides is 1. The van der Waals surface area contributed by atoms with Crippen molar-refractivity contribution in [3.05, 3.63) is 21.2 Å². The van der Waals surface area contributed by atoms with E-state index in [4.69, 9.17) is 16.6 Å². The van der Waals surface area contributed by atoms with Crippen molar-refractivity contribution < 1.29 is 9.21 Å². The molecule has 0 radical (unpaired) electrons. The maximum atomic E-state index is 11.6. The lowest BCUT2D eigenvalue weighted by Gasteiger charge is -2.13. The minimum absolute atomic E-state index is 0.162. The van der Waals surface area contributed by atoms with Crippen molar-refractivity contribution in [3.63, 3.8) is 0 Å². The summed E-state index contributed by atoms with van der Waals surface area (Å²) in [7, 11) is 0. The molecular weight excluding hydrogens is 348 g/mol. The van der Waals surface area contributed by atoms with Gasteiger partial charge in [-0.05, 0) is 28.8 Å². The Bertz CT molecular complexity index is 576. The summed E-state index contributed by atoms with van der Waals surface area (Å²) in [6.45, 7) is 2.03. The second-order valence-corrected chi connectivity index (χ2v) is 6.92. The van der Waals surface area contributed by atoms with Gasteiger partial charge < -0.3 is 14.6 Å². The first-order valence-corrected chi connectivity index (χ1v) is 7.94. The van der Waals surface area contributed by atoms with Crippen LogP contribution in [0.1, 0.15) is 18.6 Å². The second-order valence-electron chi connectivity index (χ2n) is 4.35. The average molecular weight is 359 g/mol. The summed E-state index contributed by atoms with van der Waals surface area (Å²) in [4.78, 5) is 14.4. The van der Waals surface area contributed by atoms with Gasteiger partial charge in [0.05, 0.1) is 9.38 Å². The van der Waals surface area contributed by atoms with E-state index in [2.05, 4.69) is 26.1 Å². The number of hydrogen-bond acceptors (Lipinski definition) is 5. The Kier molecular flexibility index (Phi) is 3.68. The van der Waals surface area contributed by atoms with Gasteiger partial charge in [-0.2, -0.15) is 0 Å². The van der Waals surface area contributed by atoms with Gasteiger partial charge in [0.2, 0.25) is 5.88 Å². The van der Waals surface area contributed by atoms with E-state index in [1.165, 1.54) is 24.6 Å². The van der Waals surface area contributed by atoms with Crippen LogP contribution in [0, 0.1) is 0 Å². The van der Waals surface area contributed by atoms with Gasteiger partial charge >= 0.3 is 0 Å². The molecule has 0 bridgehead atoms. The average Bonchev–Trinajstić information content (AvgIpc) is 3.02. The molecule has 1 aromatic heterocycles. The highest BCUT2D eigenvalue weighted by Gasteiger charge is 2.24. The third kappa shape index (κ3) is 2.73. The van der Waals surface area contributed by atoms with E-state index in [1.54, 1.807) is 6.08 Å². The molecule has 1 amide bonds. The van der Waals surface area contributed by atoms with Crippen molar-refractivity contribution in [1.82, 2.24) is 5.32 Å². The summed E-state index contributed by atoms with van der Waals surface area (Å²) in [6.07, 6.45) is 4.11. The maximum Gasteiger partial charge on any atom is 0.263 e. The molecule has 2 fully saturated rings. The lowest BCUT2D eigenvalue weighted by atomic mass is 10.4. The van der Waals surface area contributed by atoms with Crippen LogP contribution in [0.4, 0.5) is 5.88 Å². The van der Waals surface area contributed by atoms with E-state index < -0.39 is 0 Å². The van der Waals surface area contributed by atoms with Crippen molar-refractivity contribution in [3.8, 4) is 0 Å². The minimum Gasteiger partial charge on any atom is -0.440 e. The largest absolute Gasteiger partial charge is 0.440 e. The van der Waals surface area contributed by atoms with Gasteiger partial charge in [-0.15, -0.1) is 0 Å². The number of nitrogens with one attached hydrogen (secondary N) is 1. The van der Waals surface area contributed by atoms with Crippen molar-refractivity contribution in [1.29, 1.82) is 0 Å². The highest BCUT2D eigenvalue weighted by Crippen LogP contribution is 2.34. The fraction of sp³-hybridized carbons (Fsp3) is 0.333. The van der Waals surface area contributed by atoms with Crippen LogP contribution < -0.4 is 10.2 Å². The van der Waals surface area contributed by atoms with Crippen molar-refractivity contribution in [2.75, 3.05) is 18.0 Å². The van der Waals surface area contributed by atoms with E-state index >= 15 is 0 Å². The Hall–Kier alpha value is -0.790. The number of nitrogens with zero attached hydrogens (tertiary/aromatic N) is 1. The molecule has 0 spiro atoms. The zero-order valence-corrected chi connectivity index (χ0v) is 13.2. The quantitative estimate of drug-likeness (QED) is 0.649. The molecule has 0 atom stereocenters. The van der Waals surface area contributed by atoms with Crippen LogP contribution in [0.25, 0.3) is 6.08 Å². The smallest absolute Gasteiger partial charge is 0.263 e. The van der Waals surface area contributed by atoms with Gasteiger partial charge in [-0.1, -0.05) is 24.0 Å². The highest BCUT2D eigenvalue weighted by atomic mass is 79.9. The zero-order chi connectivity index (χ0) is 13.4. The van der Waals surface area contributed by atoms with Gasteiger partial charge in [0, 0.05) is 25.2 Å². The van der Waals surface area contributed by atoms with E-state index in [9.17, 15) is 4.79 Å². The third-order valence-corrected chi connectivity index (χ3v) is 4.73. The SMILES string of the molecule is O=C1NC(=S)S/C1=C/c1cc(Br)c(N2CCCC2)o1. The van der Waals surface area contributed by atoms with Crippen LogP contribution in [0.2, 0.25) is 0 Å². The number of thioether (sulfide) groups is 1. The molecule has 0 aromatic carbocycles. The van der Waals surface area contributed by atoms with Crippen LogP contribution in [-0.4, -0.2) is 23.3 Å². The monoisotopic (exact) mass is 358 g/mol. The number of hydrogen-bond donors (Lipinski definition) is 1. The Morgan fingerprint density at radius 2 is 2.21 bits per heavy atom. The molecule has 7 heteroatoms. The highest BCUT2D eigenvalue weighted by molar-refractivity contribution is 9.10. The van der Waals surface area contributed by atoms with Gasteiger partial charge in [-0.3, -0.25) is 4.79 Å². The first kappa shape index (κ1) is 13.2. The summed E-state index contributed by atoms with van der Waals surface area (Å²) >= 11 is 9.71. The first-order valence-electron chi connectivity index (χ1n) is 5.92. The number of carbonyl (C=O) groups is 1. The summed E-state index contributed by atoms with van der Waals surface area (Å²) in [6, 6.07) is 1.88. The standard InChI is InChI=1S/C12H11BrN2O2S2/c13-8-5-7(6-9-10(16)14-12(18)19-9)17-11(8)15-3-1-2-4-15/h5-6H,1-4H2,(H,14,16,18)/b9-6+. The molecule has 4 nitrogen and oxygen atoms in total. The summed E-state index contributed by atoms with van der Waals surface area (Å²) in [5.41, 5.74) is 0. The lowest BCUT2D eigenvalue weighted by molar-refractivity contribution is -0.115. The molecular formula is C12H11BrN2O2S2. The van der Waals surface area contributed by atoms with Crippen molar-refractivity contribution in [2.45, 2.75) is 12.8 Å². The Labute approximate surface area is 128 Å². The number of halogens is 1. The van der Waals surface area contributed by atoms with E-state index in [-0.39, 0.29) is 5.91 Å². The topological polar surface area (TPSA) is 45.5 Å². The van der Waals surface area contributed by atoms with Crippen molar-refractivity contribution >= 4 is 62.1 Å². The van der Waals surface area contributed by atoms with E-state index in [0.717, 1.165) is 23.4 Å². The molecule has 3 heterocycles. The van der Waals surface area contributed by atoms with E-state index in [1.807, 2.05) is 6.07 Å². The van der Waals surface area contributed by atoms with Crippen LogP contribution in [0.15, 0.2) is 19.9 Å². The van der Waals surface area contributed by atoms with Crippen LogP contribution in [-0.2, 0) is 4.79 Å². The molecule has 0 aliphatic carbocycles. The van der Waals surface area contributed by atoms with Gasteiger partial charge in [0.1, 0.15) is 10.1 Å². The van der Waals surface area contributed by atoms with Crippen LogP contribution in [0.5, 0.6) is 0 Å². The Morgan fingerprint density at radius 1 is 1.47 bits per heavy atom. The lowest BCUT2D eigenvalue weighted by Crippen LogP contribution is -2.17. The van der Waals surface area contributed by atoms with Gasteiger partial charge in [-0.25, -0.2) is 0 Å². The molecule has 2 aliphatic rings. The number of furan rings is 1. The molecule has 2 saturated heterocycles. The number of carbonyl (C=O) groups excluding carboxylic acids is 1. The molecule has 100 valence electrons. The molecule has 3 rings (SSSR count). The van der Waals surface area contributed by atoms with Crippen LogP contribution in [0.3, 0.4) is 0 Å². The molecule has 19 heavy (non-hydrogen) atoms. The Balaban J connectivity index is 1.86. The molecule has 2 aliphatic heterocycles. The van der Waals surface area contributed by atoms with Gasteiger partial charge in [0.25, 0.3) is 5.91 Å². The fourth-order valence-corrected chi connectivity index (χ4v) is 3.72.